The summed E-state index contributed by atoms with van der Waals surface area (Å²) in [5, 5.41) is 21.3. The van der Waals surface area contributed by atoms with Gasteiger partial charge in [0.1, 0.15) is 6.10 Å². The maximum Gasteiger partial charge on any atom is 0.228 e. The van der Waals surface area contributed by atoms with Gasteiger partial charge in [-0.15, -0.1) is 11.3 Å². The number of aromatic nitrogens is 4. The molecule has 4 rings (SSSR count). The highest BCUT2D eigenvalue weighted by Crippen LogP contribution is 2.23. The average molecular weight is 371 g/mol. The van der Waals surface area contributed by atoms with Crippen molar-refractivity contribution in [3.8, 4) is 0 Å². The fourth-order valence-electron chi connectivity index (χ4n) is 3.31. The molecular formula is C18H21N5O2S. The maximum atomic E-state index is 12.6. The highest BCUT2D eigenvalue weighted by atomic mass is 32.1. The van der Waals surface area contributed by atoms with Crippen LogP contribution in [0.1, 0.15) is 34.5 Å². The summed E-state index contributed by atoms with van der Waals surface area (Å²) >= 11 is 1.61. The molecule has 0 bridgehead atoms. The number of rotatable bonds is 4. The Kier molecular flexibility index (Phi) is 4.60. The van der Waals surface area contributed by atoms with Gasteiger partial charge in [-0.25, -0.2) is 0 Å². The lowest BCUT2D eigenvalue weighted by Crippen LogP contribution is -2.31. The van der Waals surface area contributed by atoms with Crippen molar-refractivity contribution < 1.29 is 9.90 Å². The van der Waals surface area contributed by atoms with Gasteiger partial charge >= 0.3 is 0 Å². The molecule has 0 unspecified atom stereocenters. The molecule has 1 aliphatic rings. The van der Waals surface area contributed by atoms with Crippen molar-refractivity contribution >= 4 is 17.2 Å². The molecule has 0 aliphatic carbocycles. The summed E-state index contributed by atoms with van der Waals surface area (Å²) in [6.45, 7) is 2.00. The van der Waals surface area contributed by atoms with E-state index in [0.29, 0.717) is 24.4 Å². The number of nitrogens with zero attached hydrogens (tertiary/aromatic N) is 5. The summed E-state index contributed by atoms with van der Waals surface area (Å²) in [6.07, 6.45) is 2.13. The topological polar surface area (TPSA) is 76.2 Å². The van der Waals surface area contributed by atoms with E-state index in [1.807, 2.05) is 33.2 Å². The Hall–Kier alpha value is -2.45. The molecule has 3 aromatic rings. The molecular weight excluding hydrogens is 350 g/mol. The quantitative estimate of drug-likeness (QED) is 0.758. The van der Waals surface area contributed by atoms with Crippen LogP contribution in [0.15, 0.2) is 35.8 Å². The van der Waals surface area contributed by atoms with Crippen molar-refractivity contribution in [2.45, 2.75) is 32.0 Å². The minimum Gasteiger partial charge on any atom is -0.380 e. The lowest BCUT2D eigenvalue weighted by Gasteiger charge is -2.19. The fourth-order valence-corrected chi connectivity index (χ4v) is 4.00. The van der Waals surface area contributed by atoms with E-state index in [4.69, 9.17) is 0 Å². The molecule has 136 valence electrons. The van der Waals surface area contributed by atoms with Crippen LogP contribution in [-0.4, -0.2) is 42.0 Å². The monoisotopic (exact) mass is 371 g/mol. The zero-order valence-corrected chi connectivity index (χ0v) is 15.4. The van der Waals surface area contributed by atoms with Crippen LogP contribution in [0.5, 0.6) is 0 Å². The average Bonchev–Trinajstić information content (AvgIpc) is 3.34. The predicted octanol–water partition coefficient (Wildman–Crippen LogP) is 1.73. The summed E-state index contributed by atoms with van der Waals surface area (Å²) in [5.74, 6) is 0.135. The number of aliphatic hydroxyl groups is 1. The number of hydrogen-bond donors (Lipinski definition) is 1. The normalized spacial score (nSPS) is 15.5. The third-order valence-electron chi connectivity index (χ3n) is 4.71. The van der Waals surface area contributed by atoms with Crippen LogP contribution in [-0.2, 0) is 31.4 Å². The molecule has 4 heterocycles. The van der Waals surface area contributed by atoms with Gasteiger partial charge in [-0.05, 0) is 30.0 Å². The van der Waals surface area contributed by atoms with Crippen molar-refractivity contribution in [3.05, 3.63) is 57.8 Å². The van der Waals surface area contributed by atoms with Gasteiger partial charge in [0.2, 0.25) is 5.91 Å². The van der Waals surface area contributed by atoms with Crippen LogP contribution >= 0.6 is 11.3 Å². The molecule has 1 aliphatic heterocycles. The van der Waals surface area contributed by atoms with E-state index in [1.165, 1.54) is 0 Å². The van der Waals surface area contributed by atoms with E-state index in [-0.39, 0.29) is 5.91 Å². The smallest absolute Gasteiger partial charge is 0.228 e. The van der Waals surface area contributed by atoms with Crippen LogP contribution in [0.4, 0.5) is 0 Å². The van der Waals surface area contributed by atoms with Gasteiger partial charge < -0.3 is 10.0 Å². The Labute approximate surface area is 155 Å². The highest BCUT2D eigenvalue weighted by Gasteiger charge is 2.24. The first-order valence-electron chi connectivity index (χ1n) is 8.64. The third kappa shape index (κ3) is 3.30. The number of carbonyl (C=O) groups is 1. The van der Waals surface area contributed by atoms with Gasteiger partial charge in [0.15, 0.2) is 0 Å². The minimum atomic E-state index is -0.822. The van der Waals surface area contributed by atoms with E-state index in [1.54, 1.807) is 35.3 Å². The fraction of sp³-hybridized carbons (Fsp3) is 0.389. The molecule has 7 nitrogen and oxygen atoms in total. The van der Waals surface area contributed by atoms with Crippen molar-refractivity contribution in [2.75, 3.05) is 6.54 Å². The number of hydrogen-bond acceptors (Lipinski definition) is 5. The Balaban J connectivity index is 1.52. The van der Waals surface area contributed by atoms with Gasteiger partial charge in [-0.1, -0.05) is 6.07 Å². The van der Waals surface area contributed by atoms with Crippen molar-refractivity contribution in [1.82, 2.24) is 24.5 Å². The number of amides is 1. The lowest BCUT2D eigenvalue weighted by molar-refractivity contribution is -0.131. The van der Waals surface area contributed by atoms with Crippen molar-refractivity contribution in [1.29, 1.82) is 0 Å². The molecule has 8 heteroatoms. The van der Waals surface area contributed by atoms with Gasteiger partial charge in [-0.2, -0.15) is 10.2 Å². The summed E-state index contributed by atoms with van der Waals surface area (Å²) in [7, 11) is 1.80. The Bertz CT molecular complexity index is 899. The maximum absolute atomic E-state index is 12.6. The molecule has 0 aromatic carbocycles. The lowest BCUT2D eigenvalue weighted by atomic mass is 10.1. The second kappa shape index (κ2) is 7.05. The second-order valence-corrected chi connectivity index (χ2v) is 7.52. The molecule has 26 heavy (non-hydrogen) atoms. The molecule has 1 amide bonds. The van der Waals surface area contributed by atoms with E-state index >= 15 is 0 Å². The molecule has 0 saturated heterocycles. The number of fused-ring (bicyclic) bond motifs is 1. The predicted molar refractivity (Wildman–Crippen MR) is 97.6 cm³/mol. The largest absolute Gasteiger partial charge is 0.380 e. The zero-order chi connectivity index (χ0) is 18.1. The molecule has 3 aromatic heterocycles. The van der Waals surface area contributed by atoms with E-state index < -0.39 is 6.10 Å². The Morgan fingerprint density at radius 3 is 3.00 bits per heavy atom. The van der Waals surface area contributed by atoms with Crippen LogP contribution in [0.25, 0.3) is 0 Å². The number of aryl methyl sites for hydroxylation is 2. The van der Waals surface area contributed by atoms with Crippen molar-refractivity contribution in [3.63, 3.8) is 0 Å². The zero-order valence-electron chi connectivity index (χ0n) is 14.6. The summed E-state index contributed by atoms with van der Waals surface area (Å²) in [4.78, 5) is 15.6. The minimum absolute atomic E-state index is 0.135. The number of carbonyl (C=O) groups excluding carboxylic acids is 1. The van der Waals surface area contributed by atoms with Crippen LogP contribution in [0.3, 0.4) is 0 Å². The summed E-state index contributed by atoms with van der Waals surface area (Å²) in [6, 6.07) is 7.64. The standard InChI is InChI=1S/C18H21N5O2S/c1-21-16(5-6-19-21)18(25)15-10-13-12-22(7-3-8-23(13)20-15)17(24)11-14-4-2-9-26-14/h2,4-6,9-10,18,25H,3,7-8,11-12H2,1H3/t18-/m1/s1. The van der Waals surface area contributed by atoms with E-state index in [9.17, 15) is 9.90 Å². The molecule has 1 N–H and O–H groups in total. The van der Waals surface area contributed by atoms with E-state index in [2.05, 4.69) is 10.2 Å². The number of aliphatic hydroxyl groups excluding tert-OH is 1. The molecule has 0 radical (unpaired) electrons. The van der Waals surface area contributed by atoms with Gasteiger partial charge in [0, 0.05) is 31.2 Å². The van der Waals surface area contributed by atoms with Gasteiger partial charge in [0.05, 0.1) is 30.0 Å². The van der Waals surface area contributed by atoms with E-state index in [0.717, 1.165) is 30.1 Å². The molecule has 0 spiro atoms. The molecule has 0 saturated carbocycles. The molecule has 1 atom stereocenters. The first-order chi connectivity index (χ1) is 12.6. The second-order valence-electron chi connectivity index (χ2n) is 6.49. The number of thiophene rings is 1. The van der Waals surface area contributed by atoms with Gasteiger partial charge in [-0.3, -0.25) is 14.2 Å². The SMILES string of the molecule is Cn1nccc1[C@H](O)c1cc2n(n1)CCCN(C(=O)Cc1cccs1)C2. The van der Waals surface area contributed by atoms with Crippen LogP contribution < -0.4 is 0 Å². The van der Waals surface area contributed by atoms with Gasteiger partial charge in [0.25, 0.3) is 0 Å². The Morgan fingerprint density at radius 2 is 2.27 bits per heavy atom. The third-order valence-corrected chi connectivity index (χ3v) is 5.59. The summed E-state index contributed by atoms with van der Waals surface area (Å²) < 4.78 is 3.55. The summed E-state index contributed by atoms with van der Waals surface area (Å²) in [5.41, 5.74) is 2.25. The molecule has 0 fully saturated rings. The van der Waals surface area contributed by atoms with Crippen LogP contribution in [0.2, 0.25) is 0 Å². The van der Waals surface area contributed by atoms with Crippen LogP contribution in [0, 0.1) is 0 Å². The Morgan fingerprint density at radius 1 is 1.38 bits per heavy atom. The van der Waals surface area contributed by atoms with Crippen molar-refractivity contribution in [2.24, 2.45) is 7.05 Å². The first kappa shape index (κ1) is 17.0. The first-order valence-corrected chi connectivity index (χ1v) is 9.52. The highest BCUT2D eigenvalue weighted by molar-refractivity contribution is 7.10.